The predicted molar refractivity (Wildman–Crippen MR) is 108 cm³/mol. The van der Waals surface area contributed by atoms with Gasteiger partial charge in [-0.15, -0.1) is 11.3 Å². The van der Waals surface area contributed by atoms with Gasteiger partial charge in [0.15, 0.2) is 0 Å². The molecular formula is C20H30F3N3OS. The summed E-state index contributed by atoms with van der Waals surface area (Å²) in [6, 6.07) is 0. The number of hydrogen-bond acceptors (Lipinski definition) is 4. The van der Waals surface area contributed by atoms with Crippen LogP contribution in [0, 0.1) is 6.92 Å². The van der Waals surface area contributed by atoms with E-state index in [0.717, 1.165) is 15.5 Å². The second-order valence-electron chi connectivity index (χ2n) is 7.95. The summed E-state index contributed by atoms with van der Waals surface area (Å²) in [4.78, 5) is 17.9. The first-order valence-electron chi connectivity index (χ1n) is 9.09. The number of nitrogens with zero attached hydrogens (tertiary/aromatic N) is 1. The molecule has 4 nitrogen and oxygen atoms in total. The van der Waals surface area contributed by atoms with Crippen molar-refractivity contribution >= 4 is 17.2 Å². The van der Waals surface area contributed by atoms with E-state index in [4.69, 9.17) is 0 Å². The fourth-order valence-electron chi connectivity index (χ4n) is 2.39. The molecule has 1 amide bonds. The quantitative estimate of drug-likeness (QED) is 0.438. The summed E-state index contributed by atoms with van der Waals surface area (Å²) in [5, 5.41) is 6.66. The van der Waals surface area contributed by atoms with Crippen molar-refractivity contribution in [2.24, 2.45) is 0 Å². The maximum absolute atomic E-state index is 12.5. The molecule has 1 heterocycles. The lowest BCUT2D eigenvalue weighted by Crippen LogP contribution is -2.52. The van der Waals surface area contributed by atoms with Crippen molar-refractivity contribution in [2.45, 2.75) is 71.5 Å². The highest BCUT2D eigenvalue weighted by molar-refractivity contribution is 7.11. The van der Waals surface area contributed by atoms with Gasteiger partial charge in [-0.05, 0) is 52.3 Å². The number of halogens is 3. The maximum Gasteiger partial charge on any atom is 0.389 e. The fraction of sp³-hybridized carbons (Fsp3) is 0.600. The largest absolute Gasteiger partial charge is 0.389 e. The number of alkyl halides is 3. The Morgan fingerprint density at radius 3 is 2.39 bits per heavy atom. The molecule has 0 fully saturated rings. The zero-order valence-corrected chi connectivity index (χ0v) is 18.2. The van der Waals surface area contributed by atoms with Crippen LogP contribution < -0.4 is 10.6 Å². The molecule has 28 heavy (non-hydrogen) atoms. The van der Waals surface area contributed by atoms with Gasteiger partial charge in [-0.25, -0.2) is 4.98 Å². The zero-order valence-electron chi connectivity index (χ0n) is 17.4. The molecule has 0 aliphatic rings. The normalized spacial score (nSPS) is 13.5. The van der Waals surface area contributed by atoms with Gasteiger partial charge in [-0.1, -0.05) is 20.4 Å². The van der Waals surface area contributed by atoms with Gasteiger partial charge in [0.05, 0.1) is 10.5 Å². The van der Waals surface area contributed by atoms with Crippen molar-refractivity contribution < 1.29 is 18.0 Å². The monoisotopic (exact) mass is 417 g/mol. The van der Waals surface area contributed by atoms with Crippen LogP contribution in [0.2, 0.25) is 0 Å². The summed E-state index contributed by atoms with van der Waals surface area (Å²) in [5.41, 5.74) is 0.120. The third kappa shape index (κ3) is 7.39. The SMILES string of the molecule is C=C(/C=C(\C)NC(=O)C(C)(C)NCCCC(F)(F)F)C(C)(C)c1cnc(C)s1. The van der Waals surface area contributed by atoms with Crippen LogP contribution in [0.15, 0.2) is 30.1 Å². The van der Waals surface area contributed by atoms with Crippen molar-refractivity contribution in [1.29, 1.82) is 0 Å². The molecule has 2 N–H and O–H groups in total. The molecule has 0 aliphatic heterocycles. The van der Waals surface area contributed by atoms with Crippen LogP contribution in [0.4, 0.5) is 13.2 Å². The number of aryl methyl sites for hydroxylation is 1. The first-order chi connectivity index (χ1) is 12.6. The Bertz CT molecular complexity index is 733. The summed E-state index contributed by atoms with van der Waals surface area (Å²) in [7, 11) is 0. The second kappa shape index (κ2) is 9.22. The molecule has 0 bridgehead atoms. The zero-order chi connectivity index (χ0) is 21.8. The molecule has 0 aliphatic carbocycles. The number of aromatic nitrogens is 1. The summed E-state index contributed by atoms with van der Waals surface area (Å²) in [6.07, 6.45) is -1.48. The van der Waals surface area contributed by atoms with Gasteiger partial charge in [-0.2, -0.15) is 13.2 Å². The highest BCUT2D eigenvalue weighted by Crippen LogP contribution is 2.35. The van der Waals surface area contributed by atoms with Crippen LogP contribution in [0.25, 0.3) is 0 Å². The summed E-state index contributed by atoms with van der Waals surface area (Å²) >= 11 is 1.60. The molecule has 0 radical (unpaired) electrons. The predicted octanol–water partition coefficient (Wildman–Crippen LogP) is 5.02. The number of carbonyl (C=O) groups is 1. The summed E-state index contributed by atoms with van der Waals surface area (Å²) < 4.78 is 36.7. The van der Waals surface area contributed by atoms with Crippen molar-refractivity contribution in [2.75, 3.05) is 6.54 Å². The standard InChI is InChI=1S/C20H30F3N3OS/c1-13(18(4,5)16-12-24-15(3)28-16)11-14(2)26-17(27)19(6,7)25-10-8-9-20(21,22)23/h11-12,25H,1,8-10H2,2-7H3,(H,26,27)/b14-11+. The van der Waals surface area contributed by atoms with Crippen LogP contribution in [0.1, 0.15) is 57.3 Å². The smallest absolute Gasteiger partial charge is 0.328 e. The molecule has 8 heteroatoms. The van der Waals surface area contributed by atoms with E-state index in [1.165, 1.54) is 0 Å². The van der Waals surface area contributed by atoms with Crippen LogP contribution in [-0.2, 0) is 10.2 Å². The Balaban J connectivity index is 2.67. The van der Waals surface area contributed by atoms with Gasteiger partial charge in [0.1, 0.15) is 0 Å². The van der Waals surface area contributed by atoms with E-state index in [1.54, 1.807) is 32.1 Å². The van der Waals surface area contributed by atoms with E-state index in [1.807, 2.05) is 33.0 Å². The summed E-state index contributed by atoms with van der Waals surface area (Å²) in [5.74, 6) is -0.313. The number of carbonyl (C=O) groups excluding carboxylic acids is 1. The average molecular weight is 418 g/mol. The second-order valence-corrected chi connectivity index (χ2v) is 9.18. The van der Waals surface area contributed by atoms with E-state index < -0.39 is 18.1 Å². The first kappa shape index (κ1) is 24.4. The molecule has 0 saturated heterocycles. The van der Waals surface area contributed by atoms with Crippen molar-refractivity contribution in [1.82, 2.24) is 15.6 Å². The minimum absolute atomic E-state index is 0.0751. The molecule has 0 unspecified atom stereocenters. The Kier molecular flexibility index (Phi) is 8.02. The minimum Gasteiger partial charge on any atom is -0.328 e. The number of hydrogen-bond donors (Lipinski definition) is 2. The van der Waals surface area contributed by atoms with Gasteiger partial charge >= 0.3 is 6.18 Å². The third-order valence-electron chi connectivity index (χ3n) is 4.51. The molecule has 158 valence electrons. The van der Waals surface area contributed by atoms with E-state index in [9.17, 15) is 18.0 Å². The van der Waals surface area contributed by atoms with Gasteiger partial charge in [0.2, 0.25) is 5.91 Å². The lowest BCUT2D eigenvalue weighted by molar-refractivity contribution is -0.135. The number of nitrogens with one attached hydrogen (secondary N) is 2. The van der Waals surface area contributed by atoms with E-state index in [0.29, 0.717) is 5.70 Å². The molecular weight excluding hydrogens is 387 g/mol. The minimum atomic E-state index is -4.18. The number of thiazole rings is 1. The van der Waals surface area contributed by atoms with Crippen LogP contribution in [-0.4, -0.2) is 29.2 Å². The van der Waals surface area contributed by atoms with Crippen LogP contribution >= 0.6 is 11.3 Å². The molecule has 1 rings (SSSR count). The fourth-order valence-corrected chi connectivity index (χ4v) is 3.31. The Morgan fingerprint density at radius 1 is 1.29 bits per heavy atom. The summed E-state index contributed by atoms with van der Waals surface area (Å²) in [6.45, 7) is 15.3. The first-order valence-corrected chi connectivity index (χ1v) is 9.90. The highest BCUT2D eigenvalue weighted by atomic mass is 32.1. The van der Waals surface area contributed by atoms with Crippen molar-refractivity contribution in [3.05, 3.63) is 40.0 Å². The van der Waals surface area contributed by atoms with Crippen molar-refractivity contribution in [3.8, 4) is 0 Å². The van der Waals surface area contributed by atoms with Gasteiger partial charge < -0.3 is 10.6 Å². The van der Waals surface area contributed by atoms with E-state index >= 15 is 0 Å². The average Bonchev–Trinajstić information content (AvgIpc) is 2.97. The third-order valence-corrected chi connectivity index (χ3v) is 5.75. The lowest BCUT2D eigenvalue weighted by Gasteiger charge is -2.27. The Labute approximate surface area is 169 Å². The Morgan fingerprint density at radius 2 is 1.89 bits per heavy atom. The highest BCUT2D eigenvalue weighted by Gasteiger charge is 2.30. The van der Waals surface area contributed by atoms with Crippen LogP contribution in [0.5, 0.6) is 0 Å². The Hall–Kier alpha value is -1.67. The van der Waals surface area contributed by atoms with E-state index in [2.05, 4.69) is 22.2 Å². The van der Waals surface area contributed by atoms with Gasteiger partial charge in [0, 0.05) is 28.6 Å². The molecule has 1 aromatic heterocycles. The molecule has 0 saturated carbocycles. The number of allylic oxidation sites excluding steroid dienone is 3. The van der Waals surface area contributed by atoms with E-state index in [-0.39, 0.29) is 24.3 Å². The molecule has 0 atom stereocenters. The van der Waals surface area contributed by atoms with Crippen molar-refractivity contribution in [3.63, 3.8) is 0 Å². The lowest BCUT2D eigenvalue weighted by atomic mass is 9.83. The topological polar surface area (TPSA) is 54.0 Å². The molecule has 1 aromatic rings. The molecule has 0 spiro atoms. The number of amides is 1. The van der Waals surface area contributed by atoms with Gasteiger partial charge in [0.25, 0.3) is 0 Å². The number of rotatable bonds is 9. The van der Waals surface area contributed by atoms with Crippen LogP contribution in [0.3, 0.4) is 0 Å². The maximum atomic E-state index is 12.5. The molecule has 0 aromatic carbocycles. The van der Waals surface area contributed by atoms with Gasteiger partial charge in [-0.3, -0.25) is 4.79 Å².